The van der Waals surface area contributed by atoms with E-state index in [1.807, 2.05) is 22.2 Å². The van der Waals surface area contributed by atoms with Crippen LogP contribution in [0.5, 0.6) is 0 Å². The summed E-state index contributed by atoms with van der Waals surface area (Å²) in [7, 11) is 0. The normalized spacial score (nSPS) is 19.7. The van der Waals surface area contributed by atoms with Gasteiger partial charge in [0.2, 0.25) is 0 Å². The minimum absolute atomic E-state index is 0.346. The Balaban J connectivity index is 2.07. The maximum Gasteiger partial charge on any atom is 0.135 e. The van der Waals surface area contributed by atoms with Crippen LogP contribution >= 0.6 is 33.9 Å². The molecule has 1 aliphatic carbocycles. The highest BCUT2D eigenvalue weighted by atomic mass is 127. The second-order valence-electron chi connectivity index (χ2n) is 4.03. The molecule has 1 atom stereocenters. The predicted molar refractivity (Wildman–Crippen MR) is 74.8 cm³/mol. The number of halogens is 1. The van der Waals surface area contributed by atoms with Gasteiger partial charge in [-0.2, -0.15) is 5.10 Å². The lowest BCUT2D eigenvalue weighted by Crippen LogP contribution is -2.18. The molecule has 0 spiro atoms. The number of nitrogens with zero attached hydrogens (tertiary/aromatic N) is 2. The number of aryl methyl sites for hydroxylation is 1. The maximum absolute atomic E-state index is 6.06. The summed E-state index contributed by atoms with van der Waals surface area (Å²) in [6.07, 6.45) is 5.43. The van der Waals surface area contributed by atoms with Gasteiger partial charge in [0.05, 0.1) is 15.8 Å². The van der Waals surface area contributed by atoms with Crippen molar-refractivity contribution in [3.05, 3.63) is 31.7 Å². The smallest absolute Gasteiger partial charge is 0.135 e. The van der Waals surface area contributed by atoms with Crippen LogP contribution in [0.15, 0.2) is 17.6 Å². The Morgan fingerprint density at radius 1 is 1.56 bits per heavy atom. The fraction of sp³-hybridized carbons (Fsp3) is 0.364. The lowest BCUT2D eigenvalue weighted by atomic mass is 9.94. The average molecular weight is 345 g/mol. The van der Waals surface area contributed by atoms with Crippen LogP contribution in [-0.2, 0) is 6.42 Å². The Labute approximate surface area is 112 Å². The molecule has 2 heterocycles. The number of rotatable bonds is 1. The first-order valence-electron chi connectivity index (χ1n) is 5.32. The number of nitrogen functional groups attached to an aromatic ring is 1. The topological polar surface area (TPSA) is 43.8 Å². The molecule has 3 nitrogen and oxygen atoms in total. The zero-order chi connectivity index (χ0) is 11.1. The van der Waals surface area contributed by atoms with Gasteiger partial charge in [0.1, 0.15) is 5.82 Å². The van der Waals surface area contributed by atoms with E-state index in [9.17, 15) is 0 Å². The van der Waals surface area contributed by atoms with E-state index in [2.05, 4.69) is 39.1 Å². The average Bonchev–Trinajstić information content (AvgIpc) is 2.87. The van der Waals surface area contributed by atoms with Gasteiger partial charge in [-0.25, -0.2) is 4.68 Å². The number of hydrogen-bond donors (Lipinski definition) is 1. The Morgan fingerprint density at radius 3 is 3.19 bits per heavy atom. The van der Waals surface area contributed by atoms with Gasteiger partial charge >= 0.3 is 0 Å². The standard InChI is InChI=1S/C11H12IN3S/c12-8-6-14-15(11(8)13)9-2-1-3-10-7(9)4-5-16-10/h4-6,9H,1-3,13H2. The molecule has 0 bridgehead atoms. The van der Waals surface area contributed by atoms with E-state index in [4.69, 9.17) is 5.73 Å². The van der Waals surface area contributed by atoms with Gasteiger partial charge in [-0.1, -0.05) is 0 Å². The highest BCUT2D eigenvalue weighted by molar-refractivity contribution is 14.1. The number of anilines is 1. The Kier molecular flexibility index (Phi) is 2.67. The summed E-state index contributed by atoms with van der Waals surface area (Å²) >= 11 is 4.09. The van der Waals surface area contributed by atoms with Crippen LogP contribution in [0.4, 0.5) is 5.82 Å². The number of thiophene rings is 1. The van der Waals surface area contributed by atoms with Crippen LogP contribution in [-0.4, -0.2) is 9.78 Å². The van der Waals surface area contributed by atoms with Crippen LogP contribution in [0.3, 0.4) is 0 Å². The molecule has 2 aromatic heterocycles. The van der Waals surface area contributed by atoms with Crippen LogP contribution in [0.25, 0.3) is 0 Å². The number of aromatic nitrogens is 2. The third kappa shape index (κ3) is 1.57. The number of hydrogen-bond acceptors (Lipinski definition) is 3. The van der Waals surface area contributed by atoms with Gasteiger partial charge in [0, 0.05) is 4.88 Å². The molecule has 0 fully saturated rings. The molecule has 84 valence electrons. The molecule has 3 rings (SSSR count). The predicted octanol–water partition coefficient (Wildman–Crippen LogP) is 3.06. The van der Waals surface area contributed by atoms with Gasteiger partial charge in [0.25, 0.3) is 0 Å². The summed E-state index contributed by atoms with van der Waals surface area (Å²) in [6.45, 7) is 0. The Morgan fingerprint density at radius 2 is 2.44 bits per heavy atom. The first-order valence-corrected chi connectivity index (χ1v) is 7.28. The molecule has 2 aromatic rings. The van der Waals surface area contributed by atoms with Gasteiger partial charge in [0.15, 0.2) is 0 Å². The van der Waals surface area contributed by atoms with Crippen molar-refractivity contribution in [3.8, 4) is 0 Å². The molecule has 2 N–H and O–H groups in total. The quantitative estimate of drug-likeness (QED) is 0.808. The minimum Gasteiger partial charge on any atom is -0.383 e. The molecule has 0 amide bonds. The fourth-order valence-corrected chi connectivity index (χ4v) is 3.67. The third-order valence-electron chi connectivity index (χ3n) is 3.10. The van der Waals surface area contributed by atoms with Crippen molar-refractivity contribution in [2.24, 2.45) is 0 Å². The monoisotopic (exact) mass is 345 g/mol. The first-order chi connectivity index (χ1) is 7.77. The SMILES string of the molecule is Nc1c(I)cnn1C1CCCc2sccc21. The summed E-state index contributed by atoms with van der Waals surface area (Å²) in [6, 6.07) is 2.57. The van der Waals surface area contributed by atoms with Crippen LogP contribution in [0.2, 0.25) is 0 Å². The van der Waals surface area contributed by atoms with Crippen molar-refractivity contribution in [1.29, 1.82) is 0 Å². The molecule has 0 saturated carbocycles. The molecule has 0 saturated heterocycles. The van der Waals surface area contributed by atoms with E-state index >= 15 is 0 Å². The molecule has 5 heteroatoms. The highest BCUT2D eigenvalue weighted by Crippen LogP contribution is 2.37. The van der Waals surface area contributed by atoms with Crippen molar-refractivity contribution in [3.63, 3.8) is 0 Å². The summed E-state index contributed by atoms with van der Waals surface area (Å²) in [5, 5.41) is 6.58. The van der Waals surface area contributed by atoms with Crippen LogP contribution < -0.4 is 5.73 Å². The van der Waals surface area contributed by atoms with E-state index in [-0.39, 0.29) is 0 Å². The first kappa shape index (κ1) is 10.6. The molecule has 0 aromatic carbocycles. The van der Waals surface area contributed by atoms with Crippen molar-refractivity contribution < 1.29 is 0 Å². The van der Waals surface area contributed by atoms with Crippen molar-refractivity contribution in [1.82, 2.24) is 9.78 Å². The third-order valence-corrected chi connectivity index (χ3v) is 4.93. The van der Waals surface area contributed by atoms with E-state index in [1.165, 1.54) is 23.3 Å². The minimum atomic E-state index is 0.346. The highest BCUT2D eigenvalue weighted by Gasteiger charge is 2.25. The van der Waals surface area contributed by atoms with Gasteiger partial charge < -0.3 is 5.73 Å². The Bertz CT molecular complexity index is 517. The Hall–Kier alpha value is -0.560. The maximum atomic E-state index is 6.06. The van der Waals surface area contributed by atoms with E-state index in [0.717, 1.165) is 15.8 Å². The number of nitrogens with two attached hydrogens (primary N) is 1. The fourth-order valence-electron chi connectivity index (χ4n) is 2.32. The van der Waals surface area contributed by atoms with Gasteiger partial charge in [-0.05, 0) is 58.9 Å². The summed E-state index contributed by atoms with van der Waals surface area (Å²) < 4.78 is 3.02. The van der Waals surface area contributed by atoms with Crippen molar-refractivity contribution in [2.45, 2.75) is 25.3 Å². The largest absolute Gasteiger partial charge is 0.383 e. The zero-order valence-electron chi connectivity index (χ0n) is 8.69. The second-order valence-corrected chi connectivity index (χ2v) is 6.19. The molecular weight excluding hydrogens is 333 g/mol. The van der Waals surface area contributed by atoms with E-state index in [1.54, 1.807) is 0 Å². The van der Waals surface area contributed by atoms with Crippen LogP contribution in [0.1, 0.15) is 29.3 Å². The molecule has 0 aliphatic heterocycles. The van der Waals surface area contributed by atoms with Gasteiger partial charge in [-0.15, -0.1) is 11.3 Å². The van der Waals surface area contributed by atoms with Gasteiger partial charge in [-0.3, -0.25) is 0 Å². The summed E-state index contributed by atoms with van der Waals surface area (Å²) in [4.78, 5) is 1.50. The van der Waals surface area contributed by atoms with E-state index in [0.29, 0.717) is 6.04 Å². The summed E-state index contributed by atoms with van der Waals surface area (Å²) in [5.41, 5.74) is 7.47. The molecule has 16 heavy (non-hydrogen) atoms. The number of fused-ring (bicyclic) bond motifs is 1. The second kappa shape index (κ2) is 4.03. The zero-order valence-corrected chi connectivity index (χ0v) is 11.7. The lowest BCUT2D eigenvalue weighted by Gasteiger charge is -2.23. The molecule has 0 radical (unpaired) electrons. The van der Waals surface area contributed by atoms with Crippen molar-refractivity contribution >= 4 is 39.7 Å². The van der Waals surface area contributed by atoms with E-state index < -0.39 is 0 Å². The molecular formula is C11H12IN3S. The van der Waals surface area contributed by atoms with Crippen LogP contribution in [0, 0.1) is 3.57 Å². The molecule has 1 aliphatic rings. The lowest BCUT2D eigenvalue weighted by molar-refractivity contribution is 0.460. The molecule has 1 unspecified atom stereocenters. The van der Waals surface area contributed by atoms with Crippen molar-refractivity contribution in [2.75, 3.05) is 5.73 Å². The summed E-state index contributed by atoms with van der Waals surface area (Å²) in [5.74, 6) is 0.796.